The highest BCUT2D eigenvalue weighted by Gasteiger charge is 2.03. The Kier molecular flexibility index (Phi) is 3.28. The molecule has 0 saturated heterocycles. The molecule has 0 saturated carbocycles. The second kappa shape index (κ2) is 5.07. The average Bonchev–Trinajstić information content (AvgIpc) is 2.31. The molecule has 3 heteroatoms. The lowest BCUT2D eigenvalue weighted by Crippen LogP contribution is -2.15. The fourth-order valence-corrected chi connectivity index (χ4v) is 1.36. The number of anilines is 1. The maximum absolute atomic E-state index is 11.6. The van der Waals surface area contributed by atoms with Crippen LogP contribution in [0.25, 0.3) is 0 Å². The van der Waals surface area contributed by atoms with Gasteiger partial charge in [-0.1, -0.05) is 30.3 Å². The van der Waals surface area contributed by atoms with Gasteiger partial charge in [0.2, 0.25) is 5.91 Å². The summed E-state index contributed by atoms with van der Waals surface area (Å²) in [6.07, 6.45) is 1.89. The average molecular weight is 211 g/mol. The maximum Gasteiger partial charge on any atom is 0.229 e. The smallest absolute Gasteiger partial charge is 0.229 e. The van der Waals surface area contributed by atoms with Gasteiger partial charge in [-0.2, -0.15) is 0 Å². The second-order valence-electron chi connectivity index (χ2n) is 3.35. The zero-order valence-corrected chi connectivity index (χ0v) is 8.68. The van der Waals surface area contributed by atoms with Gasteiger partial charge in [0.15, 0.2) is 0 Å². The predicted octanol–water partition coefficient (Wildman–Crippen LogP) is 2.06. The van der Waals surface area contributed by atoms with E-state index in [0.717, 1.165) is 5.56 Å². The van der Waals surface area contributed by atoms with Gasteiger partial charge in [-0.05, 0) is 17.7 Å². The molecule has 1 aromatic heterocycles. The van der Waals surface area contributed by atoms with Crippen LogP contribution in [0.3, 0.4) is 0 Å². The lowest BCUT2D eigenvalue weighted by molar-refractivity contribution is -0.115. The molecule has 0 aliphatic heterocycles. The van der Waals surface area contributed by atoms with Crippen LogP contribution in [0.15, 0.2) is 48.7 Å². The SMILES string of the molecule is O=C(Cc1ccccc1)Nc1cc[c]cn1. The molecule has 0 bridgehead atoms. The summed E-state index contributed by atoms with van der Waals surface area (Å²) in [5, 5.41) is 2.72. The summed E-state index contributed by atoms with van der Waals surface area (Å²) in [6, 6.07) is 15.8. The van der Waals surface area contributed by atoms with Crippen molar-refractivity contribution in [2.24, 2.45) is 0 Å². The maximum atomic E-state index is 11.6. The predicted molar refractivity (Wildman–Crippen MR) is 61.8 cm³/mol. The van der Waals surface area contributed by atoms with Crippen molar-refractivity contribution in [3.05, 3.63) is 60.3 Å². The summed E-state index contributed by atoms with van der Waals surface area (Å²) in [5.41, 5.74) is 0.988. The first-order valence-electron chi connectivity index (χ1n) is 5.00. The van der Waals surface area contributed by atoms with Crippen molar-refractivity contribution in [3.63, 3.8) is 0 Å². The molecule has 0 aliphatic carbocycles. The largest absolute Gasteiger partial charge is 0.310 e. The van der Waals surface area contributed by atoms with E-state index in [1.807, 2.05) is 30.3 Å². The third-order valence-corrected chi connectivity index (χ3v) is 2.09. The van der Waals surface area contributed by atoms with Crippen LogP contribution in [0.5, 0.6) is 0 Å². The van der Waals surface area contributed by atoms with E-state index in [-0.39, 0.29) is 5.91 Å². The normalized spacial score (nSPS) is 9.75. The van der Waals surface area contributed by atoms with Crippen LogP contribution in [0.2, 0.25) is 0 Å². The van der Waals surface area contributed by atoms with Crippen molar-refractivity contribution in [1.29, 1.82) is 0 Å². The highest BCUT2D eigenvalue weighted by atomic mass is 16.1. The lowest BCUT2D eigenvalue weighted by Gasteiger charge is -2.03. The van der Waals surface area contributed by atoms with Gasteiger partial charge >= 0.3 is 0 Å². The van der Waals surface area contributed by atoms with E-state index in [2.05, 4.69) is 16.4 Å². The molecule has 1 aromatic carbocycles. The summed E-state index contributed by atoms with van der Waals surface area (Å²) in [7, 11) is 0. The molecule has 2 aromatic rings. The van der Waals surface area contributed by atoms with E-state index >= 15 is 0 Å². The van der Waals surface area contributed by atoms with Gasteiger partial charge in [0.05, 0.1) is 6.42 Å². The highest BCUT2D eigenvalue weighted by molar-refractivity contribution is 5.91. The number of rotatable bonds is 3. The lowest BCUT2D eigenvalue weighted by atomic mass is 10.1. The first-order valence-corrected chi connectivity index (χ1v) is 5.00. The standard InChI is InChI=1S/C13H11N2O/c16-13(10-11-6-2-1-3-7-11)15-12-8-4-5-9-14-12/h1-4,6-9H,10H2,(H,14,15,16). The molecular formula is C13H11N2O. The second-order valence-corrected chi connectivity index (χ2v) is 3.35. The minimum absolute atomic E-state index is 0.0649. The van der Waals surface area contributed by atoms with Gasteiger partial charge in [0.1, 0.15) is 5.82 Å². The minimum atomic E-state index is -0.0649. The summed E-state index contributed by atoms with van der Waals surface area (Å²) in [4.78, 5) is 15.6. The Hall–Kier alpha value is -2.16. The van der Waals surface area contributed by atoms with Crippen LogP contribution in [0.4, 0.5) is 5.82 Å². The van der Waals surface area contributed by atoms with E-state index in [0.29, 0.717) is 12.2 Å². The third-order valence-electron chi connectivity index (χ3n) is 2.09. The first kappa shape index (κ1) is 10.4. The van der Waals surface area contributed by atoms with Crippen molar-refractivity contribution in [3.8, 4) is 0 Å². The number of carbonyl (C=O) groups excluding carboxylic acids is 1. The summed E-state index contributed by atoms with van der Waals surface area (Å²) >= 11 is 0. The van der Waals surface area contributed by atoms with Gasteiger partial charge in [-0.3, -0.25) is 4.79 Å². The number of carbonyl (C=O) groups is 1. The molecule has 1 N–H and O–H groups in total. The number of nitrogens with one attached hydrogen (secondary N) is 1. The van der Waals surface area contributed by atoms with Crippen LogP contribution in [-0.4, -0.2) is 10.9 Å². The van der Waals surface area contributed by atoms with E-state index in [4.69, 9.17) is 0 Å². The molecule has 0 atom stereocenters. The van der Waals surface area contributed by atoms with Crippen LogP contribution >= 0.6 is 0 Å². The van der Waals surface area contributed by atoms with Gasteiger partial charge in [0.25, 0.3) is 0 Å². The van der Waals surface area contributed by atoms with Gasteiger partial charge in [-0.25, -0.2) is 4.98 Å². The Labute approximate surface area is 94.1 Å². The Morgan fingerprint density at radius 3 is 2.75 bits per heavy atom. The molecule has 1 radical (unpaired) electrons. The molecule has 79 valence electrons. The number of pyridine rings is 1. The molecule has 3 nitrogen and oxygen atoms in total. The molecule has 0 unspecified atom stereocenters. The number of benzene rings is 1. The van der Waals surface area contributed by atoms with Crippen LogP contribution in [-0.2, 0) is 11.2 Å². The number of aromatic nitrogens is 1. The van der Waals surface area contributed by atoms with Crippen LogP contribution < -0.4 is 5.32 Å². The van der Waals surface area contributed by atoms with Crippen molar-refractivity contribution in [1.82, 2.24) is 4.98 Å². The third kappa shape index (κ3) is 2.92. The number of amides is 1. The number of hydrogen-bond donors (Lipinski definition) is 1. The summed E-state index contributed by atoms with van der Waals surface area (Å²) in [5.74, 6) is 0.490. The monoisotopic (exact) mass is 211 g/mol. The molecule has 16 heavy (non-hydrogen) atoms. The van der Waals surface area contributed by atoms with E-state index in [1.165, 1.54) is 6.20 Å². The molecule has 0 fully saturated rings. The molecule has 0 spiro atoms. The molecule has 1 amide bonds. The fourth-order valence-electron chi connectivity index (χ4n) is 1.36. The molecule has 0 aliphatic rings. The van der Waals surface area contributed by atoms with Crippen molar-refractivity contribution >= 4 is 11.7 Å². The van der Waals surface area contributed by atoms with Crippen molar-refractivity contribution in [2.45, 2.75) is 6.42 Å². The van der Waals surface area contributed by atoms with Crippen molar-refractivity contribution in [2.75, 3.05) is 5.32 Å². The number of hydrogen-bond acceptors (Lipinski definition) is 2. The van der Waals surface area contributed by atoms with Crippen LogP contribution in [0.1, 0.15) is 5.56 Å². The van der Waals surface area contributed by atoms with E-state index in [1.54, 1.807) is 12.1 Å². The van der Waals surface area contributed by atoms with E-state index in [9.17, 15) is 4.79 Å². The van der Waals surface area contributed by atoms with Crippen LogP contribution in [0, 0.1) is 6.07 Å². The summed E-state index contributed by atoms with van der Waals surface area (Å²) in [6.45, 7) is 0. The molecule has 2 rings (SSSR count). The van der Waals surface area contributed by atoms with Gasteiger partial charge in [0, 0.05) is 12.3 Å². The topological polar surface area (TPSA) is 42.0 Å². The van der Waals surface area contributed by atoms with E-state index < -0.39 is 0 Å². The zero-order chi connectivity index (χ0) is 11.2. The van der Waals surface area contributed by atoms with Crippen molar-refractivity contribution < 1.29 is 4.79 Å². The fraction of sp³-hybridized carbons (Fsp3) is 0.0769. The Balaban J connectivity index is 1.95. The molecular weight excluding hydrogens is 200 g/mol. The minimum Gasteiger partial charge on any atom is -0.310 e. The number of nitrogens with zero attached hydrogens (tertiary/aromatic N) is 1. The molecule has 1 heterocycles. The summed E-state index contributed by atoms with van der Waals surface area (Å²) < 4.78 is 0. The first-order chi connectivity index (χ1) is 7.84. The van der Waals surface area contributed by atoms with Gasteiger partial charge < -0.3 is 5.32 Å². The zero-order valence-electron chi connectivity index (χ0n) is 8.68. The Morgan fingerprint density at radius 2 is 2.06 bits per heavy atom. The highest BCUT2D eigenvalue weighted by Crippen LogP contribution is 2.03. The van der Waals surface area contributed by atoms with Gasteiger partial charge in [-0.15, -0.1) is 0 Å². The quantitative estimate of drug-likeness (QED) is 0.844. The Bertz CT molecular complexity index is 410. The Morgan fingerprint density at radius 1 is 1.25 bits per heavy atom.